The maximum Gasteiger partial charge on any atom is 0.270 e. The lowest BCUT2D eigenvalue weighted by molar-refractivity contribution is -0.384. The Morgan fingerprint density at radius 3 is 2.63 bits per heavy atom. The van der Waals surface area contributed by atoms with Crippen LogP contribution in [0.2, 0.25) is 5.02 Å². The summed E-state index contributed by atoms with van der Waals surface area (Å²) in [6.07, 6.45) is 0.870. The third-order valence-electron chi connectivity index (χ3n) is 2.78. The smallest absolute Gasteiger partial charge is 0.270 e. The van der Waals surface area contributed by atoms with Crippen LogP contribution in [0.25, 0.3) is 0 Å². The van der Waals surface area contributed by atoms with Crippen molar-refractivity contribution in [2.45, 2.75) is 20.3 Å². The van der Waals surface area contributed by atoms with Crippen molar-refractivity contribution in [2.75, 3.05) is 13.6 Å². The van der Waals surface area contributed by atoms with Crippen molar-refractivity contribution in [1.29, 1.82) is 0 Å². The quantitative estimate of drug-likeness (QED) is 0.615. The van der Waals surface area contributed by atoms with Crippen molar-refractivity contribution in [3.05, 3.63) is 38.9 Å². The second-order valence-corrected chi connectivity index (χ2v) is 5.24. The Hall–Kier alpha value is -1.62. The highest BCUT2D eigenvalue weighted by molar-refractivity contribution is 6.33. The van der Waals surface area contributed by atoms with Gasteiger partial charge in [0.2, 0.25) is 0 Å². The van der Waals surface area contributed by atoms with E-state index >= 15 is 0 Å². The van der Waals surface area contributed by atoms with Crippen molar-refractivity contribution >= 4 is 23.2 Å². The molecule has 0 aromatic heterocycles. The fraction of sp³-hybridized carbons (Fsp3) is 0.462. The van der Waals surface area contributed by atoms with Crippen LogP contribution in [-0.2, 0) is 0 Å². The van der Waals surface area contributed by atoms with E-state index < -0.39 is 4.92 Å². The van der Waals surface area contributed by atoms with Gasteiger partial charge >= 0.3 is 0 Å². The van der Waals surface area contributed by atoms with Gasteiger partial charge in [0.15, 0.2) is 0 Å². The molecule has 0 aliphatic rings. The molecule has 0 saturated carbocycles. The van der Waals surface area contributed by atoms with Crippen LogP contribution < -0.4 is 0 Å². The average molecular weight is 285 g/mol. The molecule has 0 atom stereocenters. The summed E-state index contributed by atoms with van der Waals surface area (Å²) in [5, 5.41) is 10.9. The van der Waals surface area contributed by atoms with E-state index in [0.29, 0.717) is 12.5 Å². The summed E-state index contributed by atoms with van der Waals surface area (Å²) >= 11 is 5.93. The lowest BCUT2D eigenvalue weighted by Gasteiger charge is -2.18. The number of benzene rings is 1. The molecule has 0 bridgehead atoms. The molecule has 5 nitrogen and oxygen atoms in total. The highest BCUT2D eigenvalue weighted by Gasteiger charge is 2.18. The monoisotopic (exact) mass is 284 g/mol. The Labute approximate surface area is 117 Å². The third kappa shape index (κ3) is 4.21. The normalized spacial score (nSPS) is 10.6. The standard InChI is InChI=1S/C13H17ClN2O3/c1-9(2)6-7-15(3)13(17)11-8-10(16(18)19)4-5-12(11)14/h4-5,8-9H,6-7H2,1-3H3. The fourth-order valence-electron chi connectivity index (χ4n) is 1.55. The largest absolute Gasteiger partial charge is 0.342 e. The van der Waals surface area contributed by atoms with Crippen molar-refractivity contribution in [1.82, 2.24) is 4.90 Å². The molecule has 1 rings (SSSR count). The van der Waals surface area contributed by atoms with Gasteiger partial charge in [-0.1, -0.05) is 25.4 Å². The molecule has 0 heterocycles. The van der Waals surface area contributed by atoms with Crippen LogP contribution in [0.15, 0.2) is 18.2 Å². The van der Waals surface area contributed by atoms with E-state index in [1.807, 2.05) is 0 Å². The van der Waals surface area contributed by atoms with Gasteiger partial charge in [0.1, 0.15) is 0 Å². The van der Waals surface area contributed by atoms with Gasteiger partial charge in [-0.3, -0.25) is 14.9 Å². The second-order valence-electron chi connectivity index (χ2n) is 4.83. The number of nitro groups is 1. The van der Waals surface area contributed by atoms with E-state index in [4.69, 9.17) is 11.6 Å². The molecule has 0 spiro atoms. The molecule has 6 heteroatoms. The van der Waals surface area contributed by atoms with E-state index in [-0.39, 0.29) is 22.2 Å². The number of nitro benzene ring substituents is 1. The summed E-state index contributed by atoms with van der Waals surface area (Å²) in [4.78, 5) is 23.9. The topological polar surface area (TPSA) is 63.5 Å². The summed E-state index contributed by atoms with van der Waals surface area (Å²) in [7, 11) is 1.67. The highest BCUT2D eigenvalue weighted by atomic mass is 35.5. The Balaban J connectivity index is 2.92. The Morgan fingerprint density at radius 2 is 2.11 bits per heavy atom. The molecule has 0 aliphatic carbocycles. The number of halogens is 1. The lowest BCUT2D eigenvalue weighted by atomic mass is 10.1. The molecule has 0 radical (unpaired) electrons. The maximum atomic E-state index is 12.2. The number of non-ortho nitro benzene ring substituents is 1. The predicted molar refractivity (Wildman–Crippen MR) is 74.5 cm³/mol. The van der Waals surface area contributed by atoms with E-state index in [2.05, 4.69) is 13.8 Å². The van der Waals surface area contributed by atoms with Crippen LogP contribution in [0.3, 0.4) is 0 Å². The minimum Gasteiger partial charge on any atom is -0.342 e. The molecule has 1 aromatic carbocycles. The molecule has 104 valence electrons. The number of carbonyl (C=O) groups is 1. The molecular weight excluding hydrogens is 268 g/mol. The molecule has 0 fully saturated rings. The zero-order valence-corrected chi connectivity index (χ0v) is 12.0. The minimum atomic E-state index is -0.540. The SMILES string of the molecule is CC(C)CCN(C)C(=O)c1cc([N+](=O)[O-])ccc1Cl. The van der Waals surface area contributed by atoms with Gasteiger partial charge < -0.3 is 4.90 Å². The van der Waals surface area contributed by atoms with Crippen LogP contribution in [0.5, 0.6) is 0 Å². The third-order valence-corrected chi connectivity index (χ3v) is 3.11. The molecule has 19 heavy (non-hydrogen) atoms. The van der Waals surface area contributed by atoms with Crippen molar-refractivity contribution in [3.8, 4) is 0 Å². The number of amides is 1. The Bertz CT molecular complexity index is 489. The summed E-state index contributed by atoms with van der Waals surface area (Å²) < 4.78 is 0. The molecule has 1 aromatic rings. The number of nitrogens with zero attached hydrogens (tertiary/aromatic N) is 2. The molecule has 0 aliphatic heterocycles. The molecule has 0 unspecified atom stereocenters. The fourth-order valence-corrected chi connectivity index (χ4v) is 1.75. The Morgan fingerprint density at radius 1 is 1.47 bits per heavy atom. The first-order valence-corrected chi connectivity index (χ1v) is 6.40. The Kier molecular flexibility index (Phi) is 5.30. The molecule has 0 saturated heterocycles. The molecule has 1 amide bonds. The zero-order valence-electron chi connectivity index (χ0n) is 11.2. The first-order valence-electron chi connectivity index (χ1n) is 6.02. The van der Waals surface area contributed by atoms with Crippen molar-refractivity contribution in [2.24, 2.45) is 5.92 Å². The van der Waals surface area contributed by atoms with Gasteiger partial charge in [-0.25, -0.2) is 0 Å². The van der Waals surface area contributed by atoms with Crippen LogP contribution in [0.4, 0.5) is 5.69 Å². The highest BCUT2D eigenvalue weighted by Crippen LogP contribution is 2.23. The minimum absolute atomic E-state index is 0.134. The number of rotatable bonds is 5. The summed E-state index contributed by atoms with van der Waals surface area (Å²) in [6.45, 7) is 4.73. The molecule has 0 N–H and O–H groups in total. The van der Waals surface area contributed by atoms with E-state index in [1.54, 1.807) is 7.05 Å². The van der Waals surface area contributed by atoms with Gasteiger partial charge in [-0.15, -0.1) is 0 Å². The second kappa shape index (κ2) is 6.52. The number of hydrogen-bond donors (Lipinski definition) is 0. The van der Waals surface area contributed by atoms with Crippen molar-refractivity contribution in [3.63, 3.8) is 0 Å². The summed E-state index contributed by atoms with van der Waals surface area (Å²) in [6, 6.07) is 3.88. The number of hydrogen-bond acceptors (Lipinski definition) is 3. The van der Waals surface area contributed by atoms with Gasteiger partial charge in [0.25, 0.3) is 11.6 Å². The lowest BCUT2D eigenvalue weighted by Crippen LogP contribution is -2.28. The van der Waals surface area contributed by atoms with Crippen LogP contribution in [0.1, 0.15) is 30.6 Å². The first kappa shape index (κ1) is 15.4. The first-order chi connectivity index (χ1) is 8.82. The van der Waals surface area contributed by atoms with Crippen LogP contribution in [0, 0.1) is 16.0 Å². The predicted octanol–water partition coefficient (Wildman–Crippen LogP) is 3.37. The van der Waals surface area contributed by atoms with E-state index in [0.717, 1.165) is 6.42 Å². The van der Waals surface area contributed by atoms with E-state index in [9.17, 15) is 14.9 Å². The summed E-state index contributed by atoms with van der Waals surface area (Å²) in [5.74, 6) is 0.185. The van der Waals surface area contributed by atoms with Gasteiger partial charge in [0, 0.05) is 25.7 Å². The average Bonchev–Trinajstić information content (AvgIpc) is 2.35. The van der Waals surface area contributed by atoms with Gasteiger partial charge in [-0.2, -0.15) is 0 Å². The van der Waals surface area contributed by atoms with Crippen LogP contribution in [-0.4, -0.2) is 29.3 Å². The van der Waals surface area contributed by atoms with E-state index in [1.165, 1.54) is 23.1 Å². The maximum absolute atomic E-state index is 12.2. The summed E-state index contributed by atoms with van der Waals surface area (Å²) in [5.41, 5.74) is 0.0344. The van der Waals surface area contributed by atoms with Gasteiger partial charge in [-0.05, 0) is 18.4 Å². The number of carbonyl (C=O) groups excluding carboxylic acids is 1. The zero-order chi connectivity index (χ0) is 14.6. The van der Waals surface area contributed by atoms with Crippen LogP contribution >= 0.6 is 11.6 Å². The van der Waals surface area contributed by atoms with Crippen molar-refractivity contribution < 1.29 is 9.72 Å². The molecular formula is C13H17ClN2O3. The van der Waals surface area contributed by atoms with Gasteiger partial charge in [0.05, 0.1) is 15.5 Å².